The molecular formula is C28H29Cl4N3O4S. The minimum Gasteiger partial charge on any atom is -0.354 e. The van der Waals surface area contributed by atoms with E-state index in [1.807, 2.05) is 6.92 Å². The highest BCUT2D eigenvalue weighted by atomic mass is 35.5. The molecule has 3 rings (SSSR count). The summed E-state index contributed by atoms with van der Waals surface area (Å²) in [5, 5.41) is 3.78. The maximum Gasteiger partial charge on any atom is 0.264 e. The van der Waals surface area contributed by atoms with Crippen LogP contribution < -0.4 is 9.62 Å². The van der Waals surface area contributed by atoms with Crippen LogP contribution in [0, 0.1) is 0 Å². The second-order valence-corrected chi connectivity index (χ2v) is 12.4. The minimum atomic E-state index is -4.27. The van der Waals surface area contributed by atoms with Gasteiger partial charge in [-0.15, -0.1) is 0 Å². The van der Waals surface area contributed by atoms with Gasteiger partial charge in [0.1, 0.15) is 12.6 Å². The smallest absolute Gasteiger partial charge is 0.264 e. The lowest BCUT2D eigenvalue weighted by molar-refractivity contribution is -0.140. The van der Waals surface area contributed by atoms with Crippen LogP contribution in [0.2, 0.25) is 20.1 Å². The molecule has 0 aromatic heterocycles. The van der Waals surface area contributed by atoms with Crippen LogP contribution in [0.5, 0.6) is 0 Å². The summed E-state index contributed by atoms with van der Waals surface area (Å²) in [6.45, 7) is 3.46. The van der Waals surface area contributed by atoms with Gasteiger partial charge in [-0.05, 0) is 60.9 Å². The van der Waals surface area contributed by atoms with Gasteiger partial charge in [-0.25, -0.2) is 8.42 Å². The Labute approximate surface area is 255 Å². The molecule has 214 valence electrons. The van der Waals surface area contributed by atoms with Crippen molar-refractivity contribution in [3.63, 3.8) is 0 Å². The van der Waals surface area contributed by atoms with E-state index in [0.717, 1.165) is 4.31 Å². The minimum absolute atomic E-state index is 0.0176. The van der Waals surface area contributed by atoms with E-state index in [0.29, 0.717) is 23.6 Å². The number of rotatable bonds is 12. The largest absolute Gasteiger partial charge is 0.354 e. The second-order valence-electron chi connectivity index (χ2n) is 8.91. The fraction of sp³-hybridized carbons (Fsp3) is 0.286. The highest BCUT2D eigenvalue weighted by Crippen LogP contribution is 2.33. The zero-order chi connectivity index (χ0) is 29.4. The lowest BCUT2D eigenvalue weighted by atomic mass is 10.1. The molecule has 0 spiro atoms. The molecule has 40 heavy (non-hydrogen) atoms. The Morgan fingerprint density at radius 2 is 1.55 bits per heavy atom. The number of nitrogens with zero attached hydrogens (tertiary/aromatic N) is 2. The standard InChI is InChI=1S/C28H29Cl4N3O4S/c1-3-14-33-28(37)25(4-2)34(17-19-10-12-22(30)24(32)15-19)27(36)18-35(26-16-20(29)11-13-23(26)31)40(38,39)21-8-6-5-7-9-21/h5-13,15-16,25H,3-4,14,17-18H2,1-2H3,(H,33,37)/t25-/m1/s1. The van der Waals surface area contributed by atoms with E-state index in [9.17, 15) is 18.0 Å². The fourth-order valence-electron chi connectivity index (χ4n) is 4.03. The maximum absolute atomic E-state index is 14.0. The number of halogens is 4. The van der Waals surface area contributed by atoms with Crippen LogP contribution in [-0.2, 0) is 26.2 Å². The van der Waals surface area contributed by atoms with E-state index in [1.165, 1.54) is 35.2 Å². The number of hydrogen-bond donors (Lipinski definition) is 1. The quantitative estimate of drug-likeness (QED) is 0.234. The number of amides is 2. The second kappa shape index (κ2) is 14.4. The van der Waals surface area contributed by atoms with Gasteiger partial charge in [0, 0.05) is 18.1 Å². The molecule has 0 unspecified atom stereocenters. The molecule has 1 N–H and O–H groups in total. The highest BCUT2D eigenvalue weighted by Gasteiger charge is 2.34. The molecule has 0 radical (unpaired) electrons. The molecule has 0 heterocycles. The van der Waals surface area contributed by atoms with Gasteiger partial charge in [0.15, 0.2) is 0 Å². The van der Waals surface area contributed by atoms with Crippen LogP contribution in [-0.4, -0.2) is 44.3 Å². The summed E-state index contributed by atoms with van der Waals surface area (Å²) in [4.78, 5) is 28.5. The zero-order valence-corrected chi connectivity index (χ0v) is 25.8. The molecular weight excluding hydrogens is 616 g/mol. The third-order valence-corrected chi connectivity index (χ3v) is 9.13. The third kappa shape index (κ3) is 7.83. The lowest BCUT2D eigenvalue weighted by Crippen LogP contribution is -2.52. The number of carbonyl (C=O) groups excluding carboxylic acids is 2. The Hall–Kier alpha value is -2.49. The van der Waals surface area contributed by atoms with Crippen LogP contribution in [0.15, 0.2) is 71.6 Å². The summed E-state index contributed by atoms with van der Waals surface area (Å²) in [7, 11) is -4.27. The number of nitrogens with one attached hydrogen (secondary N) is 1. The first-order valence-corrected chi connectivity index (χ1v) is 15.5. The van der Waals surface area contributed by atoms with Crippen molar-refractivity contribution in [2.45, 2.75) is 44.2 Å². The summed E-state index contributed by atoms with van der Waals surface area (Å²) < 4.78 is 28.6. The van der Waals surface area contributed by atoms with Crippen LogP contribution >= 0.6 is 46.4 Å². The van der Waals surface area contributed by atoms with Crippen molar-refractivity contribution in [3.05, 3.63) is 92.4 Å². The van der Waals surface area contributed by atoms with Crippen molar-refractivity contribution < 1.29 is 18.0 Å². The van der Waals surface area contributed by atoms with Gasteiger partial charge in [-0.3, -0.25) is 13.9 Å². The first kappa shape index (κ1) is 32.0. The summed E-state index contributed by atoms with van der Waals surface area (Å²) in [6.07, 6.45) is 0.991. The summed E-state index contributed by atoms with van der Waals surface area (Å²) >= 11 is 24.9. The van der Waals surface area contributed by atoms with Crippen molar-refractivity contribution in [1.82, 2.24) is 10.2 Å². The summed E-state index contributed by atoms with van der Waals surface area (Å²) in [6, 6.07) is 16.0. The van der Waals surface area contributed by atoms with Crippen LogP contribution in [0.4, 0.5) is 5.69 Å². The van der Waals surface area contributed by atoms with Gasteiger partial charge >= 0.3 is 0 Å². The van der Waals surface area contributed by atoms with Gasteiger partial charge in [0.2, 0.25) is 11.8 Å². The van der Waals surface area contributed by atoms with Gasteiger partial charge in [0.25, 0.3) is 10.0 Å². The Morgan fingerprint density at radius 1 is 0.875 bits per heavy atom. The highest BCUT2D eigenvalue weighted by molar-refractivity contribution is 7.92. The Kier molecular flexibility index (Phi) is 11.5. The molecule has 7 nitrogen and oxygen atoms in total. The number of hydrogen-bond acceptors (Lipinski definition) is 4. The molecule has 2 amide bonds. The first-order valence-electron chi connectivity index (χ1n) is 12.5. The Balaban J connectivity index is 2.09. The average Bonchev–Trinajstić information content (AvgIpc) is 2.94. The van der Waals surface area contributed by atoms with Crippen LogP contribution in [0.25, 0.3) is 0 Å². The molecule has 12 heteroatoms. The van der Waals surface area contributed by atoms with Crippen molar-refractivity contribution in [2.75, 3.05) is 17.4 Å². The fourth-order valence-corrected chi connectivity index (χ4v) is 6.23. The van der Waals surface area contributed by atoms with Crippen LogP contribution in [0.3, 0.4) is 0 Å². The molecule has 0 aliphatic heterocycles. The third-order valence-electron chi connectivity index (χ3n) is 6.06. The Morgan fingerprint density at radius 3 is 2.17 bits per heavy atom. The number of sulfonamides is 1. The monoisotopic (exact) mass is 643 g/mol. The van der Waals surface area contributed by atoms with E-state index >= 15 is 0 Å². The van der Waals surface area contributed by atoms with Gasteiger partial charge in [-0.1, -0.05) is 84.5 Å². The maximum atomic E-state index is 14.0. The first-order chi connectivity index (χ1) is 19.0. The van der Waals surface area contributed by atoms with E-state index in [4.69, 9.17) is 46.4 Å². The molecule has 3 aromatic rings. The molecule has 3 aromatic carbocycles. The average molecular weight is 645 g/mol. The van der Waals surface area contributed by atoms with Gasteiger partial charge in [0.05, 0.1) is 25.7 Å². The van der Waals surface area contributed by atoms with Crippen molar-refractivity contribution in [2.24, 2.45) is 0 Å². The van der Waals surface area contributed by atoms with E-state index in [1.54, 1.807) is 43.3 Å². The lowest BCUT2D eigenvalue weighted by Gasteiger charge is -2.33. The topological polar surface area (TPSA) is 86.8 Å². The van der Waals surface area contributed by atoms with Crippen molar-refractivity contribution in [3.8, 4) is 0 Å². The number of benzene rings is 3. The molecule has 1 atom stereocenters. The summed E-state index contributed by atoms with van der Waals surface area (Å²) in [5.41, 5.74) is 0.645. The molecule has 0 saturated heterocycles. The van der Waals surface area contributed by atoms with Crippen molar-refractivity contribution >= 4 is 73.9 Å². The van der Waals surface area contributed by atoms with Crippen LogP contribution in [0.1, 0.15) is 32.3 Å². The normalized spacial score (nSPS) is 12.1. The molecule has 0 fully saturated rings. The van der Waals surface area contributed by atoms with Crippen molar-refractivity contribution in [1.29, 1.82) is 0 Å². The number of carbonyl (C=O) groups is 2. The van der Waals surface area contributed by atoms with E-state index in [2.05, 4.69) is 5.32 Å². The molecule has 0 aliphatic carbocycles. The zero-order valence-electron chi connectivity index (χ0n) is 21.9. The number of anilines is 1. The van der Waals surface area contributed by atoms with Gasteiger partial charge < -0.3 is 10.2 Å². The van der Waals surface area contributed by atoms with E-state index < -0.39 is 28.5 Å². The molecule has 0 bridgehead atoms. The Bertz CT molecular complexity index is 1460. The van der Waals surface area contributed by atoms with E-state index in [-0.39, 0.29) is 44.5 Å². The predicted molar refractivity (Wildman–Crippen MR) is 162 cm³/mol. The summed E-state index contributed by atoms with van der Waals surface area (Å²) in [5.74, 6) is -0.976. The van der Waals surface area contributed by atoms with Gasteiger partial charge in [-0.2, -0.15) is 0 Å². The molecule has 0 aliphatic rings. The molecule has 0 saturated carbocycles. The predicted octanol–water partition coefficient (Wildman–Crippen LogP) is 6.83. The SMILES string of the molecule is CCCNC(=O)[C@@H](CC)N(Cc1ccc(Cl)c(Cl)c1)C(=O)CN(c1cc(Cl)ccc1Cl)S(=O)(=O)c1ccccc1.